The molecule has 1 atom stereocenters. The summed E-state index contributed by atoms with van der Waals surface area (Å²) in [7, 11) is 0. The Morgan fingerprint density at radius 2 is 1.92 bits per heavy atom. The van der Waals surface area contributed by atoms with E-state index in [1.54, 1.807) is 12.1 Å². The number of aromatic amines is 1. The van der Waals surface area contributed by atoms with Crippen LogP contribution in [0.1, 0.15) is 33.4 Å². The monoisotopic (exact) mass is 339 g/mol. The Balaban J connectivity index is 2.04. The molecular weight excluding hydrogens is 314 g/mol. The van der Waals surface area contributed by atoms with E-state index in [-0.39, 0.29) is 23.6 Å². The van der Waals surface area contributed by atoms with E-state index in [2.05, 4.69) is 15.5 Å². The number of carbonyl (C=O) groups excluding carboxylic acids is 1. The van der Waals surface area contributed by atoms with Crippen molar-refractivity contribution in [2.75, 3.05) is 0 Å². The Morgan fingerprint density at radius 1 is 1.24 bits per heavy atom. The molecule has 0 saturated carbocycles. The number of aromatic nitrogens is 2. The molecule has 0 radical (unpaired) electrons. The molecule has 0 fully saturated rings. The Hall–Kier alpha value is -2.82. The van der Waals surface area contributed by atoms with Gasteiger partial charge in [0.05, 0.1) is 17.3 Å². The highest BCUT2D eigenvalue weighted by Crippen LogP contribution is 2.23. The first-order chi connectivity index (χ1) is 11.9. The van der Waals surface area contributed by atoms with Crippen molar-refractivity contribution in [2.24, 2.45) is 5.92 Å². The number of nitrogens with one attached hydrogen (secondary N) is 2. The second-order valence-corrected chi connectivity index (χ2v) is 6.40. The van der Waals surface area contributed by atoms with E-state index < -0.39 is 0 Å². The number of amides is 1. The van der Waals surface area contributed by atoms with Crippen LogP contribution in [0, 0.1) is 5.92 Å². The van der Waals surface area contributed by atoms with Crippen LogP contribution in [-0.4, -0.2) is 27.3 Å². The van der Waals surface area contributed by atoms with Crippen molar-refractivity contribution in [1.82, 2.24) is 15.5 Å². The summed E-state index contributed by atoms with van der Waals surface area (Å²) in [6.07, 6.45) is 5.69. The number of carbonyl (C=O) groups is 1. The van der Waals surface area contributed by atoms with Crippen molar-refractivity contribution >= 4 is 11.5 Å². The van der Waals surface area contributed by atoms with Crippen LogP contribution in [0.5, 0.6) is 5.75 Å². The molecule has 3 N–H and O–H groups in total. The first-order valence-corrected chi connectivity index (χ1v) is 8.37. The molecule has 5 nitrogen and oxygen atoms in total. The van der Waals surface area contributed by atoms with Crippen molar-refractivity contribution in [1.29, 1.82) is 0 Å². The SMILES string of the molecule is C/C(=C\C=CC(C)C(=O)NC(C)C)c1cc(-c2ccc(O)cc2)[nH]n1. The summed E-state index contributed by atoms with van der Waals surface area (Å²) < 4.78 is 0. The van der Waals surface area contributed by atoms with Crippen molar-refractivity contribution in [2.45, 2.75) is 33.7 Å². The van der Waals surface area contributed by atoms with Gasteiger partial charge in [-0.1, -0.05) is 25.2 Å². The predicted octanol–water partition coefficient (Wildman–Crippen LogP) is 3.90. The van der Waals surface area contributed by atoms with Crippen LogP contribution in [0.4, 0.5) is 0 Å². The average Bonchev–Trinajstić information content (AvgIpc) is 3.04. The second-order valence-electron chi connectivity index (χ2n) is 6.40. The zero-order valence-electron chi connectivity index (χ0n) is 15.1. The third kappa shape index (κ3) is 5.35. The Bertz CT molecular complexity index is 770. The summed E-state index contributed by atoms with van der Waals surface area (Å²) in [5.41, 5.74) is 3.68. The van der Waals surface area contributed by atoms with Crippen LogP contribution in [0.3, 0.4) is 0 Å². The minimum absolute atomic E-state index is 0.0201. The van der Waals surface area contributed by atoms with Crippen LogP contribution >= 0.6 is 0 Å². The summed E-state index contributed by atoms with van der Waals surface area (Å²) >= 11 is 0. The summed E-state index contributed by atoms with van der Waals surface area (Å²) in [5, 5.41) is 19.6. The van der Waals surface area contributed by atoms with Crippen molar-refractivity contribution in [3.8, 4) is 17.0 Å². The van der Waals surface area contributed by atoms with E-state index in [9.17, 15) is 9.90 Å². The van der Waals surface area contributed by atoms with Gasteiger partial charge in [0.2, 0.25) is 5.91 Å². The highest BCUT2D eigenvalue weighted by atomic mass is 16.3. The Kier molecular flexibility index (Phi) is 6.17. The van der Waals surface area contributed by atoms with Gasteiger partial charge in [0.1, 0.15) is 5.75 Å². The van der Waals surface area contributed by atoms with E-state index in [1.807, 2.05) is 64.1 Å². The quantitative estimate of drug-likeness (QED) is 0.698. The highest BCUT2D eigenvalue weighted by Gasteiger charge is 2.09. The fraction of sp³-hybridized carbons (Fsp3) is 0.300. The lowest BCUT2D eigenvalue weighted by molar-refractivity contribution is -0.123. The lowest BCUT2D eigenvalue weighted by Gasteiger charge is -2.10. The molecule has 0 aliphatic carbocycles. The molecule has 1 aromatic heterocycles. The maximum absolute atomic E-state index is 11.9. The molecule has 0 saturated heterocycles. The van der Waals surface area contributed by atoms with E-state index >= 15 is 0 Å². The second kappa shape index (κ2) is 8.33. The standard InChI is InChI=1S/C20H25N3O2/c1-13(2)21-20(25)15(4)7-5-6-14(3)18-12-19(23-22-18)16-8-10-17(24)11-9-16/h5-13,15,24H,1-4H3,(H,21,25)(H,22,23)/b7-5?,14-6+. The van der Waals surface area contributed by atoms with Crippen molar-refractivity contribution < 1.29 is 9.90 Å². The van der Waals surface area contributed by atoms with Gasteiger partial charge in [0, 0.05) is 6.04 Å². The van der Waals surface area contributed by atoms with Gasteiger partial charge in [0.15, 0.2) is 0 Å². The van der Waals surface area contributed by atoms with Gasteiger partial charge in [-0.2, -0.15) is 5.10 Å². The number of nitrogens with zero attached hydrogens (tertiary/aromatic N) is 1. The molecular formula is C20H25N3O2. The van der Waals surface area contributed by atoms with E-state index in [0.29, 0.717) is 0 Å². The minimum atomic E-state index is -0.182. The minimum Gasteiger partial charge on any atom is -0.508 e. The van der Waals surface area contributed by atoms with Crippen LogP contribution < -0.4 is 5.32 Å². The molecule has 1 heterocycles. The summed E-state index contributed by atoms with van der Waals surface area (Å²) in [6.45, 7) is 7.73. The van der Waals surface area contributed by atoms with Crippen LogP contribution in [0.15, 0.2) is 48.6 Å². The largest absolute Gasteiger partial charge is 0.508 e. The number of benzene rings is 1. The number of H-pyrrole nitrogens is 1. The fourth-order valence-corrected chi connectivity index (χ4v) is 2.27. The van der Waals surface area contributed by atoms with Gasteiger partial charge in [-0.25, -0.2) is 0 Å². The molecule has 25 heavy (non-hydrogen) atoms. The van der Waals surface area contributed by atoms with Crippen LogP contribution in [0.2, 0.25) is 0 Å². The molecule has 2 aromatic rings. The third-order valence-corrected chi connectivity index (χ3v) is 3.75. The highest BCUT2D eigenvalue weighted by molar-refractivity contribution is 5.80. The molecule has 0 spiro atoms. The smallest absolute Gasteiger partial charge is 0.226 e. The molecule has 1 unspecified atom stereocenters. The molecule has 1 amide bonds. The maximum atomic E-state index is 11.9. The maximum Gasteiger partial charge on any atom is 0.226 e. The number of phenols is 1. The topological polar surface area (TPSA) is 78.0 Å². The Morgan fingerprint density at radius 3 is 2.56 bits per heavy atom. The molecule has 2 rings (SSSR count). The number of aromatic hydroxyl groups is 1. The Labute approximate surface area is 148 Å². The molecule has 0 aliphatic heterocycles. The lowest BCUT2D eigenvalue weighted by atomic mass is 10.1. The van der Waals surface area contributed by atoms with Gasteiger partial charge >= 0.3 is 0 Å². The van der Waals surface area contributed by atoms with Gasteiger partial charge in [-0.15, -0.1) is 0 Å². The van der Waals surface area contributed by atoms with Crippen LogP contribution in [0.25, 0.3) is 16.8 Å². The molecule has 1 aromatic carbocycles. The molecule has 132 valence electrons. The molecule has 0 bridgehead atoms. The zero-order chi connectivity index (χ0) is 18.4. The number of hydrogen-bond acceptors (Lipinski definition) is 3. The van der Waals surface area contributed by atoms with Gasteiger partial charge < -0.3 is 10.4 Å². The van der Waals surface area contributed by atoms with Crippen LogP contribution in [-0.2, 0) is 4.79 Å². The molecule has 5 heteroatoms. The summed E-state index contributed by atoms with van der Waals surface area (Å²) in [4.78, 5) is 11.9. The number of phenolic OH excluding ortho intramolecular Hbond substituents is 1. The van der Waals surface area contributed by atoms with E-state index in [4.69, 9.17) is 0 Å². The van der Waals surface area contributed by atoms with Crippen molar-refractivity contribution in [3.05, 3.63) is 54.3 Å². The predicted molar refractivity (Wildman–Crippen MR) is 101 cm³/mol. The summed E-state index contributed by atoms with van der Waals surface area (Å²) in [5.74, 6) is 0.0743. The number of rotatable bonds is 6. The lowest BCUT2D eigenvalue weighted by Crippen LogP contribution is -2.33. The molecule has 0 aliphatic rings. The van der Waals surface area contributed by atoms with Crippen molar-refractivity contribution in [3.63, 3.8) is 0 Å². The number of allylic oxidation sites excluding steroid dienone is 3. The van der Waals surface area contributed by atoms with E-state index in [1.165, 1.54) is 0 Å². The zero-order valence-corrected chi connectivity index (χ0v) is 15.1. The van der Waals surface area contributed by atoms with Gasteiger partial charge in [-0.3, -0.25) is 9.89 Å². The van der Waals surface area contributed by atoms with Gasteiger partial charge in [0.25, 0.3) is 0 Å². The number of hydrogen-bond donors (Lipinski definition) is 3. The van der Waals surface area contributed by atoms with Gasteiger partial charge in [-0.05, 0) is 62.2 Å². The first kappa shape index (κ1) is 18.5. The fourth-order valence-electron chi connectivity index (χ4n) is 2.27. The average molecular weight is 339 g/mol. The third-order valence-electron chi connectivity index (χ3n) is 3.75. The normalized spacial score (nSPS) is 13.4. The summed E-state index contributed by atoms with van der Waals surface area (Å²) in [6, 6.07) is 9.06. The first-order valence-electron chi connectivity index (χ1n) is 8.37. The van der Waals surface area contributed by atoms with E-state index in [0.717, 1.165) is 22.5 Å².